The van der Waals surface area contributed by atoms with E-state index in [1.54, 1.807) is 0 Å². The largest absolute Gasteiger partial charge is 0.466 e. The van der Waals surface area contributed by atoms with E-state index in [0.717, 1.165) is 15.6 Å². The van der Waals surface area contributed by atoms with Gasteiger partial charge in [-0.2, -0.15) is 0 Å². The Balaban J connectivity index is 2.76. The van der Waals surface area contributed by atoms with E-state index in [2.05, 4.69) is 15.9 Å². The van der Waals surface area contributed by atoms with Gasteiger partial charge in [-0.25, -0.2) is 0 Å². The molecule has 14 heavy (non-hydrogen) atoms. The number of halogens is 1. The normalized spacial score (nSPS) is 9.93. The van der Waals surface area contributed by atoms with Crippen LogP contribution in [0.25, 0.3) is 0 Å². The van der Waals surface area contributed by atoms with E-state index in [1.807, 2.05) is 32.0 Å². The summed E-state index contributed by atoms with van der Waals surface area (Å²) in [4.78, 5) is 11.2. The summed E-state index contributed by atoms with van der Waals surface area (Å²) in [5.74, 6) is -0.172. The Morgan fingerprint density at radius 2 is 2.21 bits per heavy atom. The van der Waals surface area contributed by atoms with Crippen molar-refractivity contribution in [3.8, 4) is 0 Å². The molecule has 0 aliphatic rings. The van der Waals surface area contributed by atoms with Gasteiger partial charge in [0.2, 0.25) is 0 Å². The van der Waals surface area contributed by atoms with Crippen molar-refractivity contribution in [3.63, 3.8) is 0 Å². The van der Waals surface area contributed by atoms with Gasteiger partial charge in [-0.3, -0.25) is 4.79 Å². The van der Waals surface area contributed by atoms with E-state index in [1.165, 1.54) is 0 Å². The van der Waals surface area contributed by atoms with Crippen molar-refractivity contribution < 1.29 is 9.53 Å². The van der Waals surface area contributed by atoms with Crippen LogP contribution in [-0.2, 0) is 16.0 Å². The lowest BCUT2D eigenvalue weighted by atomic mass is 10.1. The summed E-state index contributed by atoms with van der Waals surface area (Å²) < 4.78 is 5.91. The SMILES string of the molecule is CCOC(=O)Cc1cccc(Br)c1C. The fourth-order valence-corrected chi connectivity index (χ4v) is 1.62. The summed E-state index contributed by atoms with van der Waals surface area (Å²) in [6, 6.07) is 5.83. The fourth-order valence-electron chi connectivity index (χ4n) is 1.21. The average molecular weight is 257 g/mol. The highest BCUT2D eigenvalue weighted by molar-refractivity contribution is 9.10. The van der Waals surface area contributed by atoms with Gasteiger partial charge in [0.05, 0.1) is 13.0 Å². The minimum absolute atomic E-state index is 0.172. The molecule has 76 valence electrons. The van der Waals surface area contributed by atoms with Crippen LogP contribution in [0.1, 0.15) is 18.1 Å². The zero-order valence-corrected chi connectivity index (χ0v) is 9.93. The van der Waals surface area contributed by atoms with Crippen LogP contribution in [0, 0.1) is 6.92 Å². The smallest absolute Gasteiger partial charge is 0.310 e. The third-order valence-electron chi connectivity index (χ3n) is 2.02. The number of hydrogen-bond donors (Lipinski definition) is 0. The lowest BCUT2D eigenvalue weighted by Crippen LogP contribution is -2.08. The maximum Gasteiger partial charge on any atom is 0.310 e. The molecule has 1 aromatic rings. The molecule has 1 rings (SSSR count). The summed E-state index contributed by atoms with van der Waals surface area (Å²) in [6.45, 7) is 4.23. The molecule has 0 unspecified atom stereocenters. The molecule has 3 heteroatoms. The van der Waals surface area contributed by atoms with Gasteiger partial charge in [0.15, 0.2) is 0 Å². The Kier molecular flexibility index (Phi) is 4.14. The average Bonchev–Trinajstić information content (AvgIpc) is 2.13. The maximum absolute atomic E-state index is 11.2. The van der Waals surface area contributed by atoms with Crippen molar-refractivity contribution in [2.45, 2.75) is 20.3 Å². The van der Waals surface area contributed by atoms with Crippen LogP contribution in [0.2, 0.25) is 0 Å². The van der Waals surface area contributed by atoms with E-state index in [-0.39, 0.29) is 5.97 Å². The maximum atomic E-state index is 11.2. The number of rotatable bonds is 3. The van der Waals surface area contributed by atoms with Gasteiger partial charge in [-0.15, -0.1) is 0 Å². The van der Waals surface area contributed by atoms with Gasteiger partial charge < -0.3 is 4.74 Å². The minimum Gasteiger partial charge on any atom is -0.466 e. The molecule has 0 amide bonds. The van der Waals surface area contributed by atoms with Crippen molar-refractivity contribution in [1.29, 1.82) is 0 Å². The number of hydrogen-bond acceptors (Lipinski definition) is 2. The molecule has 2 nitrogen and oxygen atoms in total. The lowest BCUT2D eigenvalue weighted by Gasteiger charge is -2.06. The van der Waals surface area contributed by atoms with Crippen LogP contribution in [-0.4, -0.2) is 12.6 Å². The Bertz CT molecular complexity index is 334. The van der Waals surface area contributed by atoms with E-state index in [4.69, 9.17) is 4.74 Å². The first-order valence-corrected chi connectivity index (χ1v) is 5.34. The molecule has 1 aromatic carbocycles. The number of carbonyl (C=O) groups excluding carboxylic acids is 1. The van der Waals surface area contributed by atoms with E-state index >= 15 is 0 Å². The third kappa shape index (κ3) is 2.84. The second-order valence-electron chi connectivity index (χ2n) is 3.01. The van der Waals surface area contributed by atoms with Crippen LogP contribution < -0.4 is 0 Å². The van der Waals surface area contributed by atoms with Crippen molar-refractivity contribution in [3.05, 3.63) is 33.8 Å². The van der Waals surface area contributed by atoms with Crippen molar-refractivity contribution in [1.82, 2.24) is 0 Å². The molecule has 0 atom stereocenters. The third-order valence-corrected chi connectivity index (χ3v) is 2.88. The number of carbonyl (C=O) groups is 1. The molecular weight excluding hydrogens is 244 g/mol. The molecule has 0 heterocycles. The molecular formula is C11H13BrO2. The summed E-state index contributed by atoms with van der Waals surface area (Å²) in [5.41, 5.74) is 2.11. The zero-order valence-electron chi connectivity index (χ0n) is 8.34. The zero-order chi connectivity index (χ0) is 10.6. The highest BCUT2D eigenvalue weighted by Crippen LogP contribution is 2.19. The van der Waals surface area contributed by atoms with E-state index < -0.39 is 0 Å². The molecule has 0 aliphatic carbocycles. The number of esters is 1. The second-order valence-corrected chi connectivity index (χ2v) is 3.86. The number of ether oxygens (including phenoxy) is 1. The standard InChI is InChI=1S/C11H13BrO2/c1-3-14-11(13)7-9-5-4-6-10(12)8(9)2/h4-6H,3,7H2,1-2H3. The summed E-state index contributed by atoms with van der Waals surface area (Å²) in [7, 11) is 0. The first-order chi connectivity index (χ1) is 6.65. The number of benzene rings is 1. The molecule has 0 saturated heterocycles. The quantitative estimate of drug-likeness (QED) is 0.778. The molecule has 0 aromatic heterocycles. The van der Waals surface area contributed by atoms with Crippen LogP contribution in [0.5, 0.6) is 0 Å². The van der Waals surface area contributed by atoms with Gasteiger partial charge >= 0.3 is 5.97 Å². The van der Waals surface area contributed by atoms with Gasteiger partial charge in [0.25, 0.3) is 0 Å². The molecule has 0 aliphatic heterocycles. The van der Waals surface area contributed by atoms with E-state index in [0.29, 0.717) is 13.0 Å². The first kappa shape index (κ1) is 11.2. The van der Waals surface area contributed by atoms with Gasteiger partial charge in [-0.05, 0) is 31.0 Å². The highest BCUT2D eigenvalue weighted by Gasteiger charge is 2.07. The van der Waals surface area contributed by atoms with Crippen LogP contribution >= 0.6 is 15.9 Å². The van der Waals surface area contributed by atoms with Crippen LogP contribution in [0.3, 0.4) is 0 Å². The molecule has 0 saturated carbocycles. The van der Waals surface area contributed by atoms with Gasteiger partial charge in [-0.1, -0.05) is 28.1 Å². The highest BCUT2D eigenvalue weighted by atomic mass is 79.9. The summed E-state index contributed by atoms with van der Waals surface area (Å²) in [6.07, 6.45) is 0.346. The predicted molar refractivity (Wildman–Crippen MR) is 59.2 cm³/mol. The molecule has 0 radical (unpaired) electrons. The topological polar surface area (TPSA) is 26.3 Å². The molecule has 0 spiro atoms. The molecule has 0 fully saturated rings. The van der Waals surface area contributed by atoms with Crippen molar-refractivity contribution in [2.75, 3.05) is 6.61 Å². The Hall–Kier alpha value is -0.830. The Morgan fingerprint density at radius 3 is 2.86 bits per heavy atom. The van der Waals surface area contributed by atoms with Crippen molar-refractivity contribution in [2.24, 2.45) is 0 Å². The van der Waals surface area contributed by atoms with Crippen molar-refractivity contribution >= 4 is 21.9 Å². The van der Waals surface area contributed by atoms with E-state index in [9.17, 15) is 4.79 Å². The Morgan fingerprint density at radius 1 is 1.50 bits per heavy atom. The molecule has 0 N–H and O–H groups in total. The molecule has 0 bridgehead atoms. The first-order valence-electron chi connectivity index (χ1n) is 4.54. The lowest BCUT2D eigenvalue weighted by molar-refractivity contribution is -0.142. The predicted octanol–water partition coefficient (Wildman–Crippen LogP) is 2.86. The fraction of sp³-hybridized carbons (Fsp3) is 0.364. The Labute approximate surface area is 92.4 Å². The van der Waals surface area contributed by atoms with Crippen LogP contribution in [0.15, 0.2) is 22.7 Å². The summed E-state index contributed by atoms with van der Waals surface area (Å²) >= 11 is 3.42. The van der Waals surface area contributed by atoms with Gasteiger partial charge in [0.1, 0.15) is 0 Å². The monoisotopic (exact) mass is 256 g/mol. The van der Waals surface area contributed by atoms with Gasteiger partial charge in [0, 0.05) is 4.47 Å². The second kappa shape index (κ2) is 5.15. The minimum atomic E-state index is -0.172. The van der Waals surface area contributed by atoms with Crippen LogP contribution in [0.4, 0.5) is 0 Å². The summed E-state index contributed by atoms with van der Waals surface area (Å²) in [5, 5.41) is 0.